The van der Waals surface area contributed by atoms with Crippen molar-refractivity contribution in [2.75, 3.05) is 0 Å². The van der Waals surface area contributed by atoms with E-state index in [4.69, 9.17) is 21.3 Å². The van der Waals surface area contributed by atoms with E-state index in [2.05, 4.69) is 4.98 Å². The second-order valence-electron chi connectivity index (χ2n) is 11.2. The SMILES string of the molecule is Cc1ccc(COc2cccc(-c3ccn(Cc4nc5ccc(C(=O)O)cc5n4CC4(N(N)/C=C\N)CC4)c(=O)c3)n2)c(F)c1. The van der Waals surface area contributed by atoms with Crippen LogP contribution in [0.3, 0.4) is 0 Å². The number of aromatic carboxylic acids is 1. The molecule has 45 heavy (non-hydrogen) atoms. The number of aromatic nitrogens is 4. The van der Waals surface area contributed by atoms with E-state index in [1.165, 1.54) is 29.0 Å². The summed E-state index contributed by atoms with van der Waals surface area (Å²) in [6.07, 6.45) is 6.27. The van der Waals surface area contributed by atoms with E-state index in [1.807, 2.05) is 17.6 Å². The minimum absolute atomic E-state index is 0.0187. The number of imidazole rings is 1. The summed E-state index contributed by atoms with van der Waals surface area (Å²) in [5.41, 5.74) is 8.64. The van der Waals surface area contributed by atoms with Gasteiger partial charge in [0.25, 0.3) is 5.56 Å². The highest BCUT2D eigenvalue weighted by molar-refractivity contribution is 5.92. The van der Waals surface area contributed by atoms with Gasteiger partial charge in [-0.25, -0.2) is 25.0 Å². The Kier molecular flexibility index (Phi) is 7.81. The number of fused-ring (bicyclic) bond motifs is 1. The van der Waals surface area contributed by atoms with Gasteiger partial charge in [-0.05, 0) is 61.7 Å². The fourth-order valence-electron chi connectivity index (χ4n) is 5.32. The van der Waals surface area contributed by atoms with Crippen molar-refractivity contribution in [3.63, 3.8) is 0 Å². The topological polar surface area (TPSA) is 155 Å². The lowest BCUT2D eigenvalue weighted by Gasteiger charge is -2.27. The summed E-state index contributed by atoms with van der Waals surface area (Å²) < 4.78 is 23.4. The van der Waals surface area contributed by atoms with Crippen molar-refractivity contribution in [3.05, 3.63) is 124 Å². The van der Waals surface area contributed by atoms with Crippen molar-refractivity contribution in [3.8, 4) is 17.1 Å². The predicted octanol–water partition coefficient (Wildman–Crippen LogP) is 4.17. The summed E-state index contributed by atoms with van der Waals surface area (Å²) in [7, 11) is 0. The zero-order chi connectivity index (χ0) is 31.7. The molecule has 230 valence electrons. The van der Waals surface area contributed by atoms with Crippen LogP contribution in [0.5, 0.6) is 5.88 Å². The monoisotopic (exact) mass is 609 g/mol. The molecule has 1 saturated carbocycles. The maximum absolute atomic E-state index is 14.2. The first-order valence-electron chi connectivity index (χ1n) is 14.4. The summed E-state index contributed by atoms with van der Waals surface area (Å²) in [4.78, 5) is 34.4. The van der Waals surface area contributed by atoms with Crippen LogP contribution in [0.4, 0.5) is 4.39 Å². The fraction of sp³-hybridized carbons (Fsp3) is 0.212. The average Bonchev–Trinajstić information content (AvgIpc) is 3.74. The minimum Gasteiger partial charge on any atom is -0.478 e. The van der Waals surface area contributed by atoms with E-state index in [9.17, 15) is 19.1 Å². The van der Waals surface area contributed by atoms with E-state index >= 15 is 0 Å². The van der Waals surface area contributed by atoms with Gasteiger partial charge in [0, 0.05) is 48.4 Å². The molecule has 0 bridgehead atoms. The lowest BCUT2D eigenvalue weighted by molar-refractivity contribution is 0.0697. The number of hydrogen-bond donors (Lipinski definition) is 3. The summed E-state index contributed by atoms with van der Waals surface area (Å²) in [6, 6.07) is 18.2. The van der Waals surface area contributed by atoms with Crippen LogP contribution >= 0.6 is 0 Å². The molecule has 2 aromatic carbocycles. The van der Waals surface area contributed by atoms with E-state index in [0.717, 1.165) is 18.4 Å². The Hall–Kier alpha value is -5.49. The van der Waals surface area contributed by atoms with Crippen LogP contribution in [0.1, 0.15) is 40.2 Å². The first-order valence-corrected chi connectivity index (χ1v) is 14.4. The van der Waals surface area contributed by atoms with Crippen molar-refractivity contribution in [1.29, 1.82) is 0 Å². The lowest BCUT2D eigenvalue weighted by atomic mass is 10.1. The van der Waals surface area contributed by atoms with Gasteiger partial charge in [-0.3, -0.25) is 4.79 Å². The Morgan fingerprint density at radius 1 is 1.13 bits per heavy atom. The van der Waals surface area contributed by atoms with Crippen LogP contribution in [-0.4, -0.2) is 40.7 Å². The fourth-order valence-corrected chi connectivity index (χ4v) is 5.32. The van der Waals surface area contributed by atoms with Crippen LogP contribution in [-0.2, 0) is 19.7 Å². The van der Waals surface area contributed by atoms with Gasteiger partial charge >= 0.3 is 5.97 Å². The van der Waals surface area contributed by atoms with Gasteiger partial charge in [0.05, 0.1) is 34.4 Å². The number of rotatable bonds is 11. The number of carboxylic acid groups (broad SMARTS) is 1. The summed E-state index contributed by atoms with van der Waals surface area (Å²) in [5, 5.41) is 11.2. The second-order valence-corrected chi connectivity index (χ2v) is 11.2. The average molecular weight is 610 g/mol. The Balaban J connectivity index is 1.27. The molecule has 0 atom stereocenters. The second kappa shape index (κ2) is 11.9. The van der Waals surface area contributed by atoms with Gasteiger partial charge in [0.15, 0.2) is 0 Å². The Labute approximate surface area is 257 Å². The normalized spacial score (nSPS) is 13.8. The first kappa shape index (κ1) is 29.6. The molecule has 3 aromatic heterocycles. The molecule has 0 radical (unpaired) electrons. The summed E-state index contributed by atoms with van der Waals surface area (Å²) in [5.74, 6) is 5.78. The zero-order valence-corrected chi connectivity index (χ0v) is 24.6. The number of pyridine rings is 2. The Morgan fingerprint density at radius 3 is 2.67 bits per heavy atom. The van der Waals surface area contributed by atoms with Crippen molar-refractivity contribution in [2.45, 2.75) is 45.0 Å². The standard InChI is InChI=1S/C33H32FN7O4/c1-21-5-6-24(25(34)15-21)19-45-30-4-2-3-26(38-30)22-9-13-39(31(42)17-22)18-29-37-27-8-7-23(32(43)44)16-28(27)40(29)20-33(10-11-33)41(36)14-12-35/h2-9,12-17H,10-11,18-20,35-36H2,1H3,(H,43,44)/b14-12-. The highest BCUT2D eigenvalue weighted by Crippen LogP contribution is 2.42. The molecular formula is C33H32FN7O4. The van der Waals surface area contributed by atoms with Crippen molar-refractivity contribution >= 4 is 17.0 Å². The molecule has 5 aromatic rings. The highest BCUT2D eigenvalue weighted by atomic mass is 19.1. The van der Waals surface area contributed by atoms with Crippen LogP contribution in [0.25, 0.3) is 22.3 Å². The van der Waals surface area contributed by atoms with Gasteiger partial charge in [-0.15, -0.1) is 0 Å². The number of halogens is 1. The Morgan fingerprint density at radius 2 is 1.96 bits per heavy atom. The number of benzene rings is 2. The van der Waals surface area contributed by atoms with Gasteiger partial charge in [-0.2, -0.15) is 0 Å². The molecule has 11 nitrogen and oxygen atoms in total. The molecular weight excluding hydrogens is 577 g/mol. The molecule has 6 rings (SSSR count). The van der Waals surface area contributed by atoms with Crippen LogP contribution < -0.4 is 21.9 Å². The smallest absolute Gasteiger partial charge is 0.335 e. The van der Waals surface area contributed by atoms with Crippen LogP contribution in [0.2, 0.25) is 0 Å². The predicted molar refractivity (Wildman–Crippen MR) is 167 cm³/mol. The molecule has 1 fully saturated rings. The van der Waals surface area contributed by atoms with Gasteiger partial charge < -0.3 is 29.7 Å². The van der Waals surface area contributed by atoms with Crippen molar-refractivity contribution in [2.24, 2.45) is 11.6 Å². The Bertz CT molecular complexity index is 2000. The van der Waals surface area contributed by atoms with Crippen molar-refractivity contribution in [1.82, 2.24) is 24.1 Å². The van der Waals surface area contributed by atoms with Gasteiger partial charge in [0.1, 0.15) is 18.2 Å². The molecule has 0 amide bonds. The molecule has 0 saturated heterocycles. The van der Waals surface area contributed by atoms with Crippen molar-refractivity contribution < 1.29 is 19.0 Å². The van der Waals surface area contributed by atoms with Crippen LogP contribution in [0.15, 0.2) is 90.1 Å². The number of hydrogen-bond acceptors (Lipinski definition) is 8. The number of nitrogens with two attached hydrogens (primary N) is 2. The third-order valence-electron chi connectivity index (χ3n) is 8.06. The number of nitrogens with zero attached hydrogens (tertiary/aromatic N) is 5. The minimum atomic E-state index is -1.05. The molecule has 5 N–H and O–H groups in total. The number of carboxylic acids is 1. The first-order chi connectivity index (χ1) is 21.7. The third kappa shape index (κ3) is 6.13. The largest absolute Gasteiger partial charge is 0.478 e. The number of hydrazine groups is 1. The molecule has 1 aliphatic rings. The quantitative estimate of drug-likeness (QED) is 0.148. The van der Waals surface area contributed by atoms with Crippen LogP contribution in [0, 0.1) is 12.7 Å². The van der Waals surface area contributed by atoms with E-state index in [0.29, 0.717) is 46.1 Å². The highest BCUT2D eigenvalue weighted by Gasteiger charge is 2.47. The number of ether oxygens (including phenoxy) is 1. The molecule has 12 heteroatoms. The summed E-state index contributed by atoms with van der Waals surface area (Å²) >= 11 is 0. The van der Waals surface area contributed by atoms with E-state index in [1.54, 1.807) is 59.9 Å². The van der Waals surface area contributed by atoms with E-state index < -0.39 is 11.5 Å². The zero-order valence-electron chi connectivity index (χ0n) is 24.6. The number of aryl methyl sites for hydroxylation is 1. The molecule has 0 unspecified atom stereocenters. The molecule has 0 spiro atoms. The number of carbonyl (C=O) groups is 1. The van der Waals surface area contributed by atoms with Gasteiger partial charge in [0.2, 0.25) is 5.88 Å². The van der Waals surface area contributed by atoms with Gasteiger partial charge in [-0.1, -0.05) is 18.2 Å². The maximum atomic E-state index is 14.2. The molecule has 3 heterocycles. The maximum Gasteiger partial charge on any atom is 0.335 e. The molecule has 1 aliphatic carbocycles. The summed E-state index contributed by atoms with van der Waals surface area (Å²) in [6.45, 7) is 2.41. The third-order valence-corrected chi connectivity index (χ3v) is 8.06. The van der Waals surface area contributed by atoms with E-state index in [-0.39, 0.29) is 30.1 Å². The lowest BCUT2D eigenvalue weighted by Crippen LogP contribution is -2.42. The molecule has 0 aliphatic heterocycles.